The number of rotatable bonds is 4. The smallest absolute Gasteiger partial charge is 0.404 e. The molecule has 0 spiro atoms. The standard InChI is InChI=1S/C8H13NO4/c1-12-7(5-9-8(10)11)6-3-2-4-13-6/h2-3,6-7,9H,4-5H2,1H3,(H,10,11)/t6-,7+/m0/s1. The maximum Gasteiger partial charge on any atom is 0.404 e. The molecule has 0 bridgehead atoms. The van der Waals surface area contributed by atoms with E-state index in [2.05, 4.69) is 5.32 Å². The number of methoxy groups -OCH3 is 1. The lowest BCUT2D eigenvalue weighted by Crippen LogP contribution is -2.39. The third-order valence-corrected chi connectivity index (χ3v) is 1.83. The first-order valence-electron chi connectivity index (χ1n) is 4.02. The minimum absolute atomic E-state index is 0.142. The summed E-state index contributed by atoms with van der Waals surface area (Å²) < 4.78 is 10.4. The van der Waals surface area contributed by atoms with Gasteiger partial charge in [-0.05, 0) is 0 Å². The molecular formula is C8H13NO4. The van der Waals surface area contributed by atoms with E-state index >= 15 is 0 Å². The fourth-order valence-corrected chi connectivity index (χ4v) is 1.16. The van der Waals surface area contributed by atoms with Crippen LogP contribution in [0.4, 0.5) is 4.79 Å². The summed E-state index contributed by atoms with van der Waals surface area (Å²) in [4.78, 5) is 10.2. The summed E-state index contributed by atoms with van der Waals surface area (Å²) in [6.45, 7) is 0.804. The zero-order chi connectivity index (χ0) is 9.68. The van der Waals surface area contributed by atoms with Gasteiger partial charge in [0.1, 0.15) is 12.2 Å². The average Bonchev–Trinajstić information content (AvgIpc) is 2.58. The molecule has 0 fully saturated rings. The lowest BCUT2D eigenvalue weighted by Gasteiger charge is -2.20. The van der Waals surface area contributed by atoms with Crippen LogP contribution in [0.5, 0.6) is 0 Å². The lowest BCUT2D eigenvalue weighted by atomic mass is 10.2. The largest absolute Gasteiger partial charge is 0.465 e. The first-order chi connectivity index (χ1) is 6.24. The van der Waals surface area contributed by atoms with Crippen molar-refractivity contribution >= 4 is 6.09 Å². The normalized spacial score (nSPS) is 23.0. The van der Waals surface area contributed by atoms with Crippen molar-refractivity contribution in [1.29, 1.82) is 0 Å². The van der Waals surface area contributed by atoms with E-state index in [0.29, 0.717) is 6.61 Å². The van der Waals surface area contributed by atoms with E-state index in [1.165, 1.54) is 7.11 Å². The van der Waals surface area contributed by atoms with E-state index in [9.17, 15) is 4.79 Å². The molecule has 1 aliphatic rings. The maximum absolute atomic E-state index is 10.2. The SMILES string of the molecule is CO[C@H](CNC(=O)O)[C@@H]1C=CCO1. The third-order valence-electron chi connectivity index (χ3n) is 1.83. The Morgan fingerprint density at radius 3 is 3.15 bits per heavy atom. The molecule has 2 N–H and O–H groups in total. The van der Waals surface area contributed by atoms with Gasteiger partial charge >= 0.3 is 6.09 Å². The second-order valence-electron chi connectivity index (χ2n) is 2.69. The molecular weight excluding hydrogens is 174 g/mol. The second kappa shape index (κ2) is 4.84. The zero-order valence-electron chi connectivity index (χ0n) is 7.40. The molecule has 0 aromatic rings. The molecule has 1 heterocycles. The predicted octanol–water partition coefficient (Wildman–Crippen LogP) is 0.224. The molecule has 5 nitrogen and oxygen atoms in total. The van der Waals surface area contributed by atoms with Crippen molar-refractivity contribution in [2.45, 2.75) is 12.2 Å². The van der Waals surface area contributed by atoms with E-state index in [1.54, 1.807) is 0 Å². The Labute approximate surface area is 76.3 Å². The molecule has 0 saturated carbocycles. The van der Waals surface area contributed by atoms with Crippen molar-refractivity contribution in [3.63, 3.8) is 0 Å². The van der Waals surface area contributed by atoms with Crippen molar-refractivity contribution in [3.8, 4) is 0 Å². The number of amides is 1. The molecule has 74 valence electrons. The minimum Gasteiger partial charge on any atom is -0.465 e. The summed E-state index contributed by atoms with van der Waals surface area (Å²) in [6.07, 6.45) is 2.31. The van der Waals surface area contributed by atoms with Crippen LogP contribution in [0.15, 0.2) is 12.2 Å². The number of hydrogen-bond acceptors (Lipinski definition) is 3. The Bertz CT molecular complexity index is 204. The summed E-state index contributed by atoms with van der Waals surface area (Å²) in [5.74, 6) is 0. The van der Waals surface area contributed by atoms with Crippen LogP contribution in [0.2, 0.25) is 0 Å². The number of carbonyl (C=O) groups is 1. The number of nitrogens with one attached hydrogen (secondary N) is 1. The van der Waals surface area contributed by atoms with Crippen LogP contribution >= 0.6 is 0 Å². The van der Waals surface area contributed by atoms with Crippen LogP contribution in [0.25, 0.3) is 0 Å². The van der Waals surface area contributed by atoms with Crippen LogP contribution in [-0.4, -0.2) is 43.7 Å². The van der Waals surface area contributed by atoms with Crippen molar-refractivity contribution < 1.29 is 19.4 Å². The van der Waals surface area contributed by atoms with Crippen LogP contribution < -0.4 is 5.32 Å². The first-order valence-corrected chi connectivity index (χ1v) is 4.02. The molecule has 0 radical (unpaired) electrons. The van der Waals surface area contributed by atoms with E-state index in [0.717, 1.165) is 0 Å². The Balaban J connectivity index is 2.33. The van der Waals surface area contributed by atoms with Gasteiger partial charge in [0.05, 0.1) is 6.61 Å². The van der Waals surface area contributed by atoms with Crippen molar-refractivity contribution in [2.24, 2.45) is 0 Å². The predicted molar refractivity (Wildman–Crippen MR) is 45.7 cm³/mol. The van der Waals surface area contributed by atoms with Gasteiger partial charge < -0.3 is 19.9 Å². The molecule has 0 aliphatic carbocycles. The van der Waals surface area contributed by atoms with Crippen molar-refractivity contribution in [3.05, 3.63) is 12.2 Å². The van der Waals surface area contributed by atoms with Gasteiger partial charge in [-0.15, -0.1) is 0 Å². The average molecular weight is 187 g/mol. The first kappa shape index (κ1) is 10.0. The van der Waals surface area contributed by atoms with Crippen molar-refractivity contribution in [1.82, 2.24) is 5.32 Å². The molecule has 0 aromatic heterocycles. The Morgan fingerprint density at radius 2 is 2.69 bits per heavy atom. The van der Waals surface area contributed by atoms with Gasteiger partial charge in [0.2, 0.25) is 0 Å². The van der Waals surface area contributed by atoms with E-state index in [4.69, 9.17) is 14.6 Å². The molecule has 5 heteroatoms. The molecule has 1 amide bonds. The Kier molecular flexibility index (Phi) is 3.72. The van der Waals surface area contributed by atoms with Crippen LogP contribution in [0.1, 0.15) is 0 Å². The minimum atomic E-state index is -1.05. The third kappa shape index (κ3) is 3.04. The van der Waals surface area contributed by atoms with Crippen LogP contribution in [0.3, 0.4) is 0 Å². The summed E-state index contributed by atoms with van der Waals surface area (Å²) in [7, 11) is 1.53. The van der Waals surface area contributed by atoms with Gasteiger partial charge in [-0.2, -0.15) is 0 Å². The highest BCUT2D eigenvalue weighted by molar-refractivity contribution is 5.64. The van der Waals surface area contributed by atoms with Gasteiger partial charge in [-0.1, -0.05) is 12.2 Å². The fraction of sp³-hybridized carbons (Fsp3) is 0.625. The van der Waals surface area contributed by atoms with Crippen LogP contribution in [-0.2, 0) is 9.47 Å². The van der Waals surface area contributed by atoms with Gasteiger partial charge in [0, 0.05) is 13.7 Å². The van der Waals surface area contributed by atoms with Crippen molar-refractivity contribution in [2.75, 3.05) is 20.3 Å². The maximum atomic E-state index is 10.2. The molecule has 1 rings (SSSR count). The molecule has 0 unspecified atom stereocenters. The van der Waals surface area contributed by atoms with Crippen LogP contribution in [0, 0.1) is 0 Å². The molecule has 13 heavy (non-hydrogen) atoms. The zero-order valence-corrected chi connectivity index (χ0v) is 7.40. The summed E-state index contributed by atoms with van der Waals surface area (Å²) in [5, 5.41) is 10.6. The van der Waals surface area contributed by atoms with Gasteiger partial charge in [-0.3, -0.25) is 0 Å². The fourth-order valence-electron chi connectivity index (χ4n) is 1.16. The number of carboxylic acid groups (broad SMARTS) is 1. The number of ether oxygens (including phenoxy) is 2. The monoisotopic (exact) mass is 187 g/mol. The summed E-state index contributed by atoms with van der Waals surface area (Å²) >= 11 is 0. The van der Waals surface area contributed by atoms with Gasteiger partial charge in [0.25, 0.3) is 0 Å². The second-order valence-corrected chi connectivity index (χ2v) is 2.69. The van der Waals surface area contributed by atoms with Gasteiger partial charge in [0.15, 0.2) is 0 Å². The highest BCUT2D eigenvalue weighted by Crippen LogP contribution is 2.09. The molecule has 1 aliphatic heterocycles. The van der Waals surface area contributed by atoms with E-state index < -0.39 is 6.09 Å². The number of hydrogen-bond donors (Lipinski definition) is 2. The van der Waals surface area contributed by atoms with E-state index in [-0.39, 0.29) is 18.8 Å². The quantitative estimate of drug-likeness (QED) is 0.618. The topological polar surface area (TPSA) is 67.8 Å². The lowest BCUT2D eigenvalue weighted by molar-refractivity contribution is -0.0119. The Hall–Kier alpha value is -1.07. The molecule has 0 aromatic carbocycles. The highest BCUT2D eigenvalue weighted by atomic mass is 16.5. The van der Waals surface area contributed by atoms with Gasteiger partial charge in [-0.25, -0.2) is 4.79 Å². The summed E-state index contributed by atoms with van der Waals surface area (Å²) in [6, 6.07) is 0. The molecule has 2 atom stereocenters. The summed E-state index contributed by atoms with van der Waals surface area (Å²) in [5.41, 5.74) is 0. The highest BCUT2D eigenvalue weighted by Gasteiger charge is 2.22. The molecule has 0 saturated heterocycles. The van der Waals surface area contributed by atoms with E-state index in [1.807, 2.05) is 12.2 Å². The Morgan fingerprint density at radius 1 is 1.92 bits per heavy atom.